The maximum absolute atomic E-state index is 12.0. The second kappa shape index (κ2) is 6.74. The normalized spacial score (nSPS) is 10.3. The van der Waals surface area contributed by atoms with Crippen molar-refractivity contribution < 1.29 is 14.1 Å². The van der Waals surface area contributed by atoms with Gasteiger partial charge in [-0.25, -0.2) is 0 Å². The summed E-state index contributed by atoms with van der Waals surface area (Å²) in [5.41, 5.74) is 2.06. The van der Waals surface area contributed by atoms with Crippen LogP contribution in [0.3, 0.4) is 0 Å². The molecule has 0 atom stereocenters. The van der Waals surface area contributed by atoms with Crippen LogP contribution in [0, 0.1) is 0 Å². The van der Waals surface area contributed by atoms with Gasteiger partial charge in [-0.2, -0.15) is 0 Å². The third kappa shape index (κ3) is 3.55. The van der Waals surface area contributed by atoms with Gasteiger partial charge in [-0.15, -0.1) is 0 Å². The number of methoxy groups -OCH3 is 1. The second-order valence-electron chi connectivity index (χ2n) is 4.83. The number of ether oxygens (including phenoxy) is 1. The van der Waals surface area contributed by atoms with Gasteiger partial charge in [0.15, 0.2) is 5.76 Å². The Bertz CT molecular complexity index is 800. The molecular formula is C17H15N3O3. The van der Waals surface area contributed by atoms with E-state index in [1.54, 1.807) is 37.7 Å². The van der Waals surface area contributed by atoms with Crippen LogP contribution < -0.4 is 10.1 Å². The first-order chi connectivity index (χ1) is 11.3. The molecular weight excluding hydrogens is 294 g/mol. The smallest absolute Gasteiger partial charge is 0.251 e. The van der Waals surface area contributed by atoms with Crippen molar-refractivity contribution in [1.82, 2.24) is 15.5 Å². The van der Waals surface area contributed by atoms with Crippen LogP contribution >= 0.6 is 0 Å². The number of carbonyl (C=O) groups excluding carboxylic acids is 1. The zero-order valence-corrected chi connectivity index (χ0v) is 12.5. The Labute approximate surface area is 133 Å². The molecule has 0 unspecified atom stereocenters. The van der Waals surface area contributed by atoms with Gasteiger partial charge in [0.05, 0.1) is 13.7 Å². The highest BCUT2D eigenvalue weighted by molar-refractivity contribution is 5.93. The second-order valence-corrected chi connectivity index (χ2v) is 4.83. The molecule has 6 heteroatoms. The SMILES string of the molecule is COc1cccc(-c2cc(CNC(=O)c3ccncc3)no2)c1. The number of nitrogens with zero attached hydrogens (tertiary/aromatic N) is 2. The van der Waals surface area contributed by atoms with Gasteiger partial charge in [0.25, 0.3) is 5.91 Å². The van der Waals surface area contributed by atoms with E-state index >= 15 is 0 Å². The summed E-state index contributed by atoms with van der Waals surface area (Å²) < 4.78 is 10.5. The summed E-state index contributed by atoms with van der Waals surface area (Å²) in [6.07, 6.45) is 3.15. The highest BCUT2D eigenvalue weighted by Crippen LogP contribution is 2.24. The minimum Gasteiger partial charge on any atom is -0.497 e. The molecule has 1 amide bonds. The fourth-order valence-electron chi connectivity index (χ4n) is 2.08. The molecule has 116 valence electrons. The molecule has 0 aliphatic rings. The molecule has 1 N–H and O–H groups in total. The molecule has 0 saturated carbocycles. The van der Waals surface area contributed by atoms with Crippen molar-refractivity contribution in [3.63, 3.8) is 0 Å². The lowest BCUT2D eigenvalue weighted by molar-refractivity contribution is 0.0950. The van der Waals surface area contributed by atoms with E-state index in [9.17, 15) is 4.79 Å². The summed E-state index contributed by atoms with van der Waals surface area (Å²) in [6, 6.07) is 12.6. The number of pyridine rings is 1. The number of nitrogens with one attached hydrogen (secondary N) is 1. The molecule has 3 aromatic rings. The van der Waals surface area contributed by atoms with Crippen molar-refractivity contribution in [3.05, 3.63) is 66.1 Å². The Morgan fingerprint density at radius 1 is 1.22 bits per heavy atom. The maximum Gasteiger partial charge on any atom is 0.251 e. The number of carbonyl (C=O) groups is 1. The van der Waals surface area contributed by atoms with Gasteiger partial charge >= 0.3 is 0 Å². The van der Waals surface area contributed by atoms with Gasteiger partial charge < -0.3 is 14.6 Å². The Morgan fingerprint density at radius 2 is 2.04 bits per heavy atom. The van der Waals surface area contributed by atoms with Gasteiger partial charge in [-0.3, -0.25) is 9.78 Å². The molecule has 6 nitrogen and oxygen atoms in total. The average molecular weight is 309 g/mol. The Balaban J connectivity index is 1.66. The molecule has 0 fully saturated rings. The molecule has 0 aliphatic heterocycles. The number of hydrogen-bond donors (Lipinski definition) is 1. The van der Waals surface area contributed by atoms with E-state index in [4.69, 9.17) is 9.26 Å². The van der Waals surface area contributed by atoms with Crippen molar-refractivity contribution in [3.8, 4) is 17.1 Å². The molecule has 0 aliphatic carbocycles. The minimum absolute atomic E-state index is 0.182. The quantitative estimate of drug-likeness (QED) is 0.784. The molecule has 0 bridgehead atoms. The predicted molar refractivity (Wildman–Crippen MR) is 83.9 cm³/mol. The maximum atomic E-state index is 12.0. The van der Waals surface area contributed by atoms with Crippen molar-refractivity contribution >= 4 is 5.91 Å². The zero-order chi connectivity index (χ0) is 16.1. The summed E-state index contributed by atoms with van der Waals surface area (Å²) in [5.74, 6) is 1.18. The summed E-state index contributed by atoms with van der Waals surface area (Å²) in [6.45, 7) is 0.286. The first-order valence-corrected chi connectivity index (χ1v) is 7.04. The van der Waals surface area contributed by atoms with Crippen LogP contribution in [0.25, 0.3) is 11.3 Å². The average Bonchev–Trinajstić information content (AvgIpc) is 3.09. The lowest BCUT2D eigenvalue weighted by Crippen LogP contribution is -2.22. The van der Waals surface area contributed by atoms with Crippen molar-refractivity contribution in [1.29, 1.82) is 0 Å². The van der Waals surface area contributed by atoms with E-state index in [0.29, 0.717) is 17.0 Å². The zero-order valence-electron chi connectivity index (χ0n) is 12.5. The third-order valence-electron chi connectivity index (χ3n) is 3.29. The third-order valence-corrected chi connectivity index (χ3v) is 3.29. The van der Waals surface area contributed by atoms with E-state index in [2.05, 4.69) is 15.5 Å². The van der Waals surface area contributed by atoms with E-state index in [-0.39, 0.29) is 12.5 Å². The van der Waals surface area contributed by atoms with Crippen molar-refractivity contribution in [2.45, 2.75) is 6.54 Å². The number of rotatable bonds is 5. The molecule has 3 rings (SSSR count). The first-order valence-electron chi connectivity index (χ1n) is 7.04. The van der Waals surface area contributed by atoms with Crippen LogP contribution in [0.4, 0.5) is 0 Å². The van der Waals surface area contributed by atoms with Gasteiger partial charge in [-0.1, -0.05) is 17.3 Å². The van der Waals surface area contributed by atoms with E-state index in [1.807, 2.05) is 24.3 Å². The van der Waals surface area contributed by atoms with Crippen LogP contribution in [0.5, 0.6) is 5.75 Å². The van der Waals surface area contributed by atoms with Gasteiger partial charge in [0, 0.05) is 29.6 Å². The van der Waals surface area contributed by atoms with Crippen molar-refractivity contribution in [2.24, 2.45) is 0 Å². The summed E-state index contributed by atoms with van der Waals surface area (Å²) in [4.78, 5) is 15.8. The first kappa shape index (κ1) is 14.8. The van der Waals surface area contributed by atoms with Crippen LogP contribution in [0.15, 0.2) is 59.4 Å². The number of aromatic nitrogens is 2. The predicted octanol–water partition coefficient (Wildman–Crippen LogP) is 2.68. The molecule has 2 aromatic heterocycles. The van der Waals surface area contributed by atoms with Crippen molar-refractivity contribution in [2.75, 3.05) is 7.11 Å². The monoisotopic (exact) mass is 309 g/mol. The highest BCUT2D eigenvalue weighted by Gasteiger charge is 2.10. The number of amides is 1. The van der Waals surface area contributed by atoms with Crippen LogP contribution in [0.2, 0.25) is 0 Å². The standard InChI is InChI=1S/C17H15N3O3/c1-22-15-4-2-3-13(9-15)16-10-14(20-23-16)11-19-17(21)12-5-7-18-8-6-12/h2-10H,11H2,1H3,(H,19,21). The summed E-state index contributed by atoms with van der Waals surface area (Å²) in [5, 5.41) is 6.76. The minimum atomic E-state index is -0.182. The Hall–Kier alpha value is -3.15. The van der Waals surface area contributed by atoms with E-state index < -0.39 is 0 Å². The van der Waals surface area contributed by atoms with Gasteiger partial charge in [0.2, 0.25) is 0 Å². The molecule has 0 saturated heterocycles. The molecule has 1 aromatic carbocycles. The van der Waals surface area contributed by atoms with E-state index in [1.165, 1.54) is 0 Å². The highest BCUT2D eigenvalue weighted by atomic mass is 16.5. The number of benzene rings is 1. The summed E-state index contributed by atoms with van der Waals surface area (Å²) in [7, 11) is 1.61. The number of hydrogen-bond acceptors (Lipinski definition) is 5. The molecule has 2 heterocycles. The fraction of sp³-hybridized carbons (Fsp3) is 0.118. The Morgan fingerprint density at radius 3 is 2.83 bits per heavy atom. The van der Waals surface area contributed by atoms with E-state index in [0.717, 1.165) is 11.3 Å². The lowest BCUT2D eigenvalue weighted by Gasteiger charge is -2.01. The van der Waals surface area contributed by atoms with Gasteiger partial charge in [-0.05, 0) is 24.3 Å². The van der Waals surface area contributed by atoms with Gasteiger partial charge in [0.1, 0.15) is 11.4 Å². The molecule has 0 spiro atoms. The fourth-order valence-corrected chi connectivity index (χ4v) is 2.08. The topological polar surface area (TPSA) is 77.2 Å². The largest absolute Gasteiger partial charge is 0.497 e. The van der Waals surface area contributed by atoms with Crippen LogP contribution in [0.1, 0.15) is 16.1 Å². The molecule has 23 heavy (non-hydrogen) atoms. The molecule has 0 radical (unpaired) electrons. The van der Waals surface area contributed by atoms with Crippen LogP contribution in [-0.4, -0.2) is 23.2 Å². The van der Waals surface area contributed by atoms with Crippen LogP contribution in [-0.2, 0) is 6.54 Å². The lowest BCUT2D eigenvalue weighted by atomic mass is 10.1. The Kier molecular flexibility index (Phi) is 4.33. The summed E-state index contributed by atoms with van der Waals surface area (Å²) >= 11 is 0.